The average molecular weight is 266 g/mol. The lowest BCUT2D eigenvalue weighted by Gasteiger charge is -2.05. The molecule has 2 aromatic rings. The summed E-state index contributed by atoms with van der Waals surface area (Å²) < 4.78 is 0. The molecule has 3 N–H and O–H groups in total. The number of rotatable bonds is 2. The average Bonchev–Trinajstić information content (AvgIpc) is 2.76. The topological polar surface area (TPSA) is 61.4 Å². The fourth-order valence-corrected chi connectivity index (χ4v) is 2.18. The Hall–Kier alpha value is -2.75. The number of hydrogen-bond donors (Lipinski definition) is 3. The van der Waals surface area contributed by atoms with Crippen molar-refractivity contribution < 1.29 is 9.90 Å². The molecule has 0 radical (unpaired) electrons. The monoisotopic (exact) mass is 266 g/mol. The van der Waals surface area contributed by atoms with Gasteiger partial charge in [0.15, 0.2) is 0 Å². The first-order chi connectivity index (χ1) is 9.65. The van der Waals surface area contributed by atoms with E-state index in [-0.39, 0.29) is 11.7 Å². The van der Waals surface area contributed by atoms with Gasteiger partial charge < -0.3 is 15.7 Å². The number of nitrogens with one attached hydrogen (secondary N) is 2. The van der Waals surface area contributed by atoms with Gasteiger partial charge in [0.2, 0.25) is 0 Å². The first-order valence-corrected chi connectivity index (χ1v) is 6.32. The van der Waals surface area contributed by atoms with Gasteiger partial charge in [-0.15, -0.1) is 0 Å². The number of benzene rings is 2. The van der Waals surface area contributed by atoms with Crippen molar-refractivity contribution in [1.82, 2.24) is 0 Å². The lowest BCUT2D eigenvalue weighted by molar-refractivity contribution is -0.110. The Kier molecular flexibility index (Phi) is 2.91. The van der Waals surface area contributed by atoms with Gasteiger partial charge in [-0.1, -0.05) is 18.2 Å². The fraction of sp³-hybridized carbons (Fsp3) is 0.0625. The number of carbonyl (C=O) groups excluding carboxylic acids is 1. The van der Waals surface area contributed by atoms with Crippen LogP contribution >= 0.6 is 0 Å². The maximum absolute atomic E-state index is 11.9. The number of aromatic hydroxyl groups is 1. The van der Waals surface area contributed by atoms with Gasteiger partial charge in [-0.2, -0.15) is 0 Å². The second-order valence-corrected chi connectivity index (χ2v) is 4.70. The molecule has 0 aromatic heterocycles. The highest BCUT2D eigenvalue weighted by Gasteiger charge is 2.23. The van der Waals surface area contributed by atoms with E-state index in [1.807, 2.05) is 37.3 Å². The molecule has 1 heterocycles. The normalized spacial score (nSPS) is 15.1. The third-order valence-electron chi connectivity index (χ3n) is 3.29. The summed E-state index contributed by atoms with van der Waals surface area (Å²) in [7, 11) is 0. The van der Waals surface area contributed by atoms with E-state index in [1.54, 1.807) is 18.3 Å². The highest BCUT2D eigenvalue weighted by Crippen LogP contribution is 2.31. The van der Waals surface area contributed by atoms with Crippen LogP contribution < -0.4 is 10.6 Å². The zero-order valence-corrected chi connectivity index (χ0v) is 11.0. The molecule has 0 saturated heterocycles. The van der Waals surface area contributed by atoms with E-state index >= 15 is 0 Å². The Morgan fingerprint density at radius 2 is 2.00 bits per heavy atom. The summed E-state index contributed by atoms with van der Waals surface area (Å²) in [6.07, 6.45) is 1.69. The van der Waals surface area contributed by atoms with Crippen molar-refractivity contribution in [3.8, 4) is 5.75 Å². The molecule has 0 fully saturated rings. The molecular weight excluding hydrogens is 252 g/mol. The van der Waals surface area contributed by atoms with E-state index in [0.717, 1.165) is 22.5 Å². The van der Waals surface area contributed by atoms with Crippen molar-refractivity contribution in [2.75, 3.05) is 10.6 Å². The summed E-state index contributed by atoms with van der Waals surface area (Å²) in [5.74, 6) is 0.140. The standard InChI is InChI=1S/C16H14N2O2/c1-10-8-11(6-7-15(10)19)17-9-13-12-4-2-3-5-14(12)18-16(13)20/h2-9,17,19H,1H3,(H,18,20). The van der Waals surface area contributed by atoms with Crippen LogP contribution in [0.15, 0.2) is 48.7 Å². The number of anilines is 2. The molecule has 0 aliphatic carbocycles. The van der Waals surface area contributed by atoms with E-state index in [9.17, 15) is 9.90 Å². The molecule has 2 aromatic carbocycles. The summed E-state index contributed by atoms with van der Waals surface area (Å²) in [5, 5.41) is 15.4. The van der Waals surface area contributed by atoms with Gasteiger partial charge in [0.25, 0.3) is 5.91 Å². The van der Waals surface area contributed by atoms with Crippen molar-refractivity contribution in [3.63, 3.8) is 0 Å². The smallest absolute Gasteiger partial charge is 0.257 e. The summed E-state index contributed by atoms with van der Waals surface area (Å²) in [6, 6.07) is 12.8. The number of phenolic OH excluding ortho intramolecular Hbond substituents is 1. The van der Waals surface area contributed by atoms with E-state index < -0.39 is 0 Å². The molecule has 4 nitrogen and oxygen atoms in total. The van der Waals surface area contributed by atoms with Gasteiger partial charge in [0, 0.05) is 23.1 Å². The summed E-state index contributed by atoms with van der Waals surface area (Å²) in [6.45, 7) is 1.82. The molecule has 1 amide bonds. The molecule has 0 spiro atoms. The van der Waals surface area contributed by atoms with Crippen LogP contribution in [0.25, 0.3) is 5.57 Å². The zero-order valence-electron chi connectivity index (χ0n) is 11.0. The first kappa shape index (κ1) is 12.3. The predicted octanol–water partition coefficient (Wildman–Crippen LogP) is 3.11. The molecule has 1 aliphatic rings. The Morgan fingerprint density at radius 3 is 2.80 bits per heavy atom. The van der Waals surface area contributed by atoms with Crippen molar-refractivity contribution in [2.24, 2.45) is 0 Å². The number of carbonyl (C=O) groups is 1. The van der Waals surface area contributed by atoms with Crippen molar-refractivity contribution >= 4 is 22.9 Å². The highest BCUT2D eigenvalue weighted by molar-refractivity contribution is 6.31. The van der Waals surface area contributed by atoms with Crippen LogP contribution in [0.4, 0.5) is 11.4 Å². The molecule has 100 valence electrons. The molecule has 0 bridgehead atoms. The zero-order chi connectivity index (χ0) is 14.1. The van der Waals surface area contributed by atoms with Gasteiger partial charge in [0.1, 0.15) is 5.75 Å². The van der Waals surface area contributed by atoms with E-state index in [2.05, 4.69) is 10.6 Å². The van der Waals surface area contributed by atoms with Crippen LogP contribution in [0.1, 0.15) is 11.1 Å². The second kappa shape index (κ2) is 4.74. The number of amides is 1. The minimum absolute atomic E-state index is 0.116. The van der Waals surface area contributed by atoms with Crippen molar-refractivity contribution in [1.29, 1.82) is 0 Å². The number of aryl methyl sites for hydroxylation is 1. The van der Waals surface area contributed by atoms with Gasteiger partial charge in [-0.05, 0) is 36.8 Å². The molecule has 0 atom stereocenters. The summed E-state index contributed by atoms with van der Waals surface area (Å²) in [4.78, 5) is 11.9. The van der Waals surface area contributed by atoms with E-state index in [4.69, 9.17) is 0 Å². The van der Waals surface area contributed by atoms with Crippen LogP contribution in [-0.4, -0.2) is 11.0 Å². The summed E-state index contributed by atoms with van der Waals surface area (Å²) in [5.41, 5.74) is 3.92. The molecule has 0 unspecified atom stereocenters. The van der Waals surface area contributed by atoms with Gasteiger partial charge in [-0.25, -0.2) is 0 Å². The van der Waals surface area contributed by atoms with Crippen LogP contribution in [0.2, 0.25) is 0 Å². The second-order valence-electron chi connectivity index (χ2n) is 4.70. The Morgan fingerprint density at radius 1 is 1.20 bits per heavy atom. The van der Waals surface area contributed by atoms with Crippen LogP contribution in [0.3, 0.4) is 0 Å². The minimum Gasteiger partial charge on any atom is -0.508 e. The fourth-order valence-electron chi connectivity index (χ4n) is 2.18. The Bertz CT molecular complexity index is 720. The number of fused-ring (bicyclic) bond motifs is 1. The molecular formula is C16H14N2O2. The largest absolute Gasteiger partial charge is 0.508 e. The molecule has 1 aliphatic heterocycles. The maximum Gasteiger partial charge on any atom is 0.257 e. The quantitative estimate of drug-likeness (QED) is 0.578. The van der Waals surface area contributed by atoms with Gasteiger partial charge in [-0.3, -0.25) is 4.79 Å². The minimum atomic E-state index is -0.116. The third kappa shape index (κ3) is 2.12. The molecule has 20 heavy (non-hydrogen) atoms. The number of phenols is 1. The van der Waals surface area contributed by atoms with Crippen molar-refractivity contribution in [3.05, 3.63) is 59.8 Å². The summed E-state index contributed by atoms with van der Waals surface area (Å²) >= 11 is 0. The van der Waals surface area contributed by atoms with Crippen LogP contribution in [0, 0.1) is 6.92 Å². The molecule has 0 saturated carbocycles. The van der Waals surface area contributed by atoms with Crippen molar-refractivity contribution in [2.45, 2.75) is 6.92 Å². The SMILES string of the molecule is Cc1cc(NC=C2C(=O)Nc3ccccc32)ccc1O. The Balaban J connectivity index is 1.89. The van der Waals surface area contributed by atoms with Gasteiger partial charge in [0.05, 0.1) is 5.57 Å². The lowest BCUT2D eigenvalue weighted by atomic mass is 10.1. The predicted molar refractivity (Wildman–Crippen MR) is 79.5 cm³/mol. The number of para-hydroxylation sites is 1. The number of hydrogen-bond acceptors (Lipinski definition) is 3. The Labute approximate surface area is 116 Å². The highest BCUT2D eigenvalue weighted by atomic mass is 16.3. The lowest BCUT2D eigenvalue weighted by Crippen LogP contribution is -2.05. The molecule has 3 rings (SSSR count). The van der Waals surface area contributed by atoms with E-state index in [1.165, 1.54) is 0 Å². The molecule has 4 heteroatoms. The maximum atomic E-state index is 11.9. The van der Waals surface area contributed by atoms with Crippen LogP contribution in [-0.2, 0) is 4.79 Å². The van der Waals surface area contributed by atoms with E-state index in [0.29, 0.717) is 5.57 Å². The van der Waals surface area contributed by atoms with Crippen LogP contribution in [0.5, 0.6) is 5.75 Å². The first-order valence-electron chi connectivity index (χ1n) is 6.32. The van der Waals surface area contributed by atoms with Gasteiger partial charge >= 0.3 is 0 Å². The third-order valence-corrected chi connectivity index (χ3v) is 3.29.